The molecule has 2 aromatic rings. The number of halogens is 1. The maximum Gasteiger partial charge on any atom is 0.341 e. The van der Waals surface area contributed by atoms with E-state index in [1.807, 2.05) is 6.92 Å². The van der Waals surface area contributed by atoms with Gasteiger partial charge in [-0.05, 0) is 93.4 Å². The Hall–Kier alpha value is -2.38. The lowest BCUT2D eigenvalue weighted by atomic mass is 9.49. The molecular formula is C26H29ClN2O4S. The number of methoxy groups -OCH3 is 1. The predicted octanol–water partition coefficient (Wildman–Crippen LogP) is 6.21. The third-order valence-electron chi connectivity index (χ3n) is 8.01. The van der Waals surface area contributed by atoms with Crippen LogP contribution in [0, 0.1) is 37.0 Å². The first-order valence-electron chi connectivity index (χ1n) is 11.8. The minimum absolute atomic E-state index is 0.0179. The van der Waals surface area contributed by atoms with Crippen molar-refractivity contribution in [1.29, 1.82) is 0 Å². The molecule has 4 fully saturated rings. The van der Waals surface area contributed by atoms with Crippen molar-refractivity contribution in [3.63, 3.8) is 0 Å². The fourth-order valence-corrected chi connectivity index (χ4v) is 7.97. The second-order valence-corrected chi connectivity index (χ2v) is 11.7. The summed E-state index contributed by atoms with van der Waals surface area (Å²) in [5, 5.41) is 6.89. The maximum absolute atomic E-state index is 13.6. The van der Waals surface area contributed by atoms with Crippen molar-refractivity contribution in [2.75, 3.05) is 17.7 Å². The summed E-state index contributed by atoms with van der Waals surface area (Å²) in [6.07, 6.45) is 6.49. The van der Waals surface area contributed by atoms with Gasteiger partial charge in [-0.25, -0.2) is 4.79 Å². The summed E-state index contributed by atoms with van der Waals surface area (Å²) in [5.74, 6) is 0.954. The number of esters is 1. The van der Waals surface area contributed by atoms with Gasteiger partial charge in [0, 0.05) is 10.7 Å². The van der Waals surface area contributed by atoms with Crippen molar-refractivity contribution in [2.24, 2.45) is 23.2 Å². The predicted molar refractivity (Wildman–Crippen MR) is 134 cm³/mol. The van der Waals surface area contributed by atoms with Crippen LogP contribution in [0.3, 0.4) is 0 Å². The van der Waals surface area contributed by atoms with E-state index in [9.17, 15) is 14.4 Å². The second kappa shape index (κ2) is 8.68. The van der Waals surface area contributed by atoms with Crippen LogP contribution in [0.25, 0.3) is 0 Å². The van der Waals surface area contributed by atoms with Gasteiger partial charge in [-0.2, -0.15) is 0 Å². The van der Waals surface area contributed by atoms with Crippen LogP contribution in [-0.4, -0.2) is 24.9 Å². The quantitative estimate of drug-likeness (QED) is 0.478. The molecule has 6 rings (SSSR count). The number of nitrogens with one attached hydrogen (secondary N) is 2. The Morgan fingerprint density at radius 3 is 2.21 bits per heavy atom. The smallest absolute Gasteiger partial charge is 0.341 e. The molecule has 180 valence electrons. The number of anilines is 2. The molecule has 0 spiro atoms. The monoisotopic (exact) mass is 500 g/mol. The van der Waals surface area contributed by atoms with Crippen molar-refractivity contribution in [3.8, 4) is 0 Å². The first-order chi connectivity index (χ1) is 16.2. The van der Waals surface area contributed by atoms with Gasteiger partial charge in [0.1, 0.15) is 5.00 Å². The summed E-state index contributed by atoms with van der Waals surface area (Å²) in [4.78, 5) is 39.8. The van der Waals surface area contributed by atoms with Gasteiger partial charge in [-0.3, -0.25) is 9.59 Å². The van der Waals surface area contributed by atoms with Crippen molar-refractivity contribution >= 4 is 51.4 Å². The fourth-order valence-electron chi connectivity index (χ4n) is 6.71. The lowest BCUT2D eigenvalue weighted by molar-refractivity contribution is -0.140. The van der Waals surface area contributed by atoms with E-state index < -0.39 is 5.97 Å². The zero-order chi connectivity index (χ0) is 24.2. The molecule has 0 radical (unpaired) electrons. The van der Waals surface area contributed by atoms with Crippen LogP contribution in [-0.2, 0) is 9.53 Å². The topological polar surface area (TPSA) is 84.5 Å². The highest BCUT2D eigenvalue weighted by atomic mass is 35.5. The van der Waals surface area contributed by atoms with Gasteiger partial charge in [0.15, 0.2) is 0 Å². The molecule has 4 bridgehead atoms. The number of carbonyl (C=O) groups is 3. The van der Waals surface area contributed by atoms with E-state index in [1.54, 1.807) is 25.1 Å². The number of ether oxygens (including phenoxy) is 1. The molecule has 0 saturated heterocycles. The van der Waals surface area contributed by atoms with Gasteiger partial charge < -0.3 is 15.4 Å². The van der Waals surface area contributed by atoms with Gasteiger partial charge in [-0.1, -0.05) is 17.7 Å². The molecule has 2 amide bonds. The van der Waals surface area contributed by atoms with E-state index in [0.29, 0.717) is 43.9 Å². The molecular weight excluding hydrogens is 472 g/mol. The number of rotatable bonds is 5. The van der Waals surface area contributed by atoms with Crippen LogP contribution in [0.1, 0.15) is 69.7 Å². The minimum atomic E-state index is -0.562. The van der Waals surface area contributed by atoms with E-state index >= 15 is 0 Å². The molecule has 4 saturated carbocycles. The number of benzene rings is 1. The third-order valence-corrected chi connectivity index (χ3v) is 9.62. The zero-order valence-corrected chi connectivity index (χ0v) is 21.2. The molecule has 2 N–H and O–H groups in total. The SMILES string of the molecule is COC(=O)c1c(NC(=O)C23CC4CC(CC(C4)C2)C3)sc(C(=O)Nc2cccc(Cl)c2C)c1C. The van der Waals surface area contributed by atoms with E-state index in [2.05, 4.69) is 10.6 Å². The fraction of sp³-hybridized carbons (Fsp3) is 0.500. The van der Waals surface area contributed by atoms with Crippen LogP contribution in [0.2, 0.25) is 5.02 Å². The summed E-state index contributed by atoms with van der Waals surface area (Å²) >= 11 is 7.31. The average molecular weight is 501 g/mol. The van der Waals surface area contributed by atoms with Gasteiger partial charge in [0.25, 0.3) is 5.91 Å². The normalized spacial score (nSPS) is 26.9. The standard InChI is InChI=1S/C26H29ClN2O4S/c1-13-18(27)5-4-6-19(13)28-22(30)21-14(2)20(24(31)33-3)23(34-21)29-25(32)26-10-15-7-16(11-26)9-17(8-15)12-26/h4-6,15-17H,7-12H2,1-3H3,(H,28,30)(H,29,32). The summed E-state index contributed by atoms with van der Waals surface area (Å²) in [5.41, 5.74) is 1.74. The highest BCUT2D eigenvalue weighted by Crippen LogP contribution is 2.60. The summed E-state index contributed by atoms with van der Waals surface area (Å²) in [6, 6.07) is 5.30. The number of carbonyl (C=O) groups excluding carboxylic acids is 3. The largest absolute Gasteiger partial charge is 0.465 e. The van der Waals surface area contributed by atoms with Crippen molar-refractivity contribution in [2.45, 2.75) is 52.4 Å². The van der Waals surface area contributed by atoms with Crippen molar-refractivity contribution in [1.82, 2.24) is 0 Å². The second-order valence-electron chi connectivity index (χ2n) is 10.3. The molecule has 0 unspecified atom stereocenters. The average Bonchev–Trinajstić information content (AvgIpc) is 3.11. The van der Waals surface area contributed by atoms with E-state index in [1.165, 1.54) is 26.4 Å². The Labute approximate surface area is 208 Å². The van der Waals surface area contributed by atoms with Crippen molar-refractivity contribution < 1.29 is 19.1 Å². The third kappa shape index (κ3) is 3.93. The van der Waals surface area contributed by atoms with E-state index in [4.69, 9.17) is 16.3 Å². The molecule has 1 aromatic heterocycles. The Balaban J connectivity index is 1.44. The van der Waals surface area contributed by atoms with Crippen LogP contribution in [0.5, 0.6) is 0 Å². The highest BCUT2D eigenvalue weighted by Gasteiger charge is 2.54. The van der Waals surface area contributed by atoms with Gasteiger partial charge >= 0.3 is 5.97 Å². The van der Waals surface area contributed by atoms with E-state index in [0.717, 1.165) is 36.2 Å². The molecule has 34 heavy (non-hydrogen) atoms. The molecule has 1 heterocycles. The van der Waals surface area contributed by atoms with Crippen LogP contribution < -0.4 is 10.6 Å². The minimum Gasteiger partial charge on any atom is -0.465 e. The first kappa shape index (κ1) is 23.4. The summed E-state index contributed by atoms with van der Waals surface area (Å²) in [7, 11) is 1.30. The lowest BCUT2D eigenvalue weighted by Gasteiger charge is -2.55. The molecule has 4 aliphatic rings. The summed E-state index contributed by atoms with van der Waals surface area (Å²) in [6.45, 7) is 3.54. The van der Waals surface area contributed by atoms with E-state index in [-0.39, 0.29) is 22.8 Å². The highest BCUT2D eigenvalue weighted by molar-refractivity contribution is 7.19. The van der Waals surface area contributed by atoms with Gasteiger partial charge in [0.2, 0.25) is 5.91 Å². The Bertz CT molecular complexity index is 1150. The van der Waals surface area contributed by atoms with Gasteiger partial charge in [-0.15, -0.1) is 11.3 Å². The number of hydrogen-bond donors (Lipinski definition) is 2. The van der Waals surface area contributed by atoms with Crippen LogP contribution in [0.4, 0.5) is 10.7 Å². The zero-order valence-electron chi connectivity index (χ0n) is 19.6. The van der Waals surface area contributed by atoms with Crippen molar-refractivity contribution in [3.05, 3.63) is 44.8 Å². The van der Waals surface area contributed by atoms with Gasteiger partial charge in [0.05, 0.1) is 23.0 Å². The summed E-state index contributed by atoms with van der Waals surface area (Å²) < 4.78 is 5.00. The molecule has 4 aliphatic carbocycles. The molecule has 1 aromatic carbocycles. The Morgan fingerprint density at radius 1 is 1.00 bits per heavy atom. The Kier molecular flexibility index (Phi) is 5.97. The lowest BCUT2D eigenvalue weighted by Crippen LogP contribution is -2.51. The maximum atomic E-state index is 13.6. The number of hydrogen-bond acceptors (Lipinski definition) is 5. The number of amides is 2. The first-order valence-corrected chi connectivity index (χ1v) is 13.0. The molecule has 6 nitrogen and oxygen atoms in total. The Morgan fingerprint density at radius 2 is 1.62 bits per heavy atom. The van der Waals surface area contributed by atoms with Crippen LogP contribution in [0.15, 0.2) is 18.2 Å². The number of thiophene rings is 1. The molecule has 8 heteroatoms. The molecule has 0 atom stereocenters. The molecule has 0 aliphatic heterocycles. The van der Waals surface area contributed by atoms with Crippen LogP contribution >= 0.6 is 22.9 Å².